The van der Waals surface area contributed by atoms with Crippen LogP contribution in [0.3, 0.4) is 0 Å². The monoisotopic (exact) mass is 379 g/mol. The molecular weight excluding hydrogens is 350 g/mol. The van der Waals surface area contributed by atoms with E-state index in [1.54, 1.807) is 10.7 Å². The summed E-state index contributed by atoms with van der Waals surface area (Å²) in [6.45, 7) is 9.18. The molecule has 1 amide bonds. The minimum Gasteiger partial charge on any atom is -0.339 e. The first-order valence-corrected chi connectivity index (χ1v) is 10.2. The number of hydrogen-bond acceptors (Lipinski definition) is 4. The molecule has 0 aliphatic heterocycles. The van der Waals surface area contributed by atoms with Crippen molar-refractivity contribution in [2.75, 3.05) is 13.1 Å². The van der Waals surface area contributed by atoms with Gasteiger partial charge in [-0.25, -0.2) is 9.50 Å². The molecule has 2 heterocycles. The molecule has 0 unspecified atom stereocenters. The molecule has 1 aliphatic rings. The maximum Gasteiger partial charge on any atom is 0.223 e. The molecule has 148 valence electrons. The van der Waals surface area contributed by atoms with Crippen molar-refractivity contribution in [2.24, 2.45) is 5.92 Å². The minimum absolute atomic E-state index is 0.169. The largest absolute Gasteiger partial charge is 0.339 e. The summed E-state index contributed by atoms with van der Waals surface area (Å²) < 4.78 is 1.70. The Labute approximate surface area is 166 Å². The first-order valence-electron chi connectivity index (χ1n) is 10.2. The number of amides is 1. The Balaban J connectivity index is 1.71. The fourth-order valence-corrected chi connectivity index (χ4v) is 4.26. The van der Waals surface area contributed by atoms with Crippen LogP contribution in [-0.2, 0) is 11.2 Å². The summed E-state index contributed by atoms with van der Waals surface area (Å²) in [7, 11) is 0. The lowest BCUT2D eigenvalue weighted by atomic mass is 9.89. The molecule has 0 bridgehead atoms. The quantitative estimate of drug-likeness (QED) is 0.687. The van der Waals surface area contributed by atoms with Crippen LogP contribution in [0.25, 0.3) is 5.65 Å². The number of nitrogens with zero attached hydrogens (tertiary/aromatic N) is 5. The van der Waals surface area contributed by atoms with E-state index in [4.69, 9.17) is 0 Å². The predicted octanol–water partition coefficient (Wildman–Crippen LogP) is 3.75. The Kier molecular flexibility index (Phi) is 6.45. The van der Waals surface area contributed by atoms with E-state index in [0.717, 1.165) is 23.5 Å². The summed E-state index contributed by atoms with van der Waals surface area (Å²) in [5.41, 5.74) is 3.89. The number of aromatic nitrogens is 3. The van der Waals surface area contributed by atoms with Crippen LogP contribution in [0.4, 0.5) is 0 Å². The Morgan fingerprint density at radius 3 is 2.82 bits per heavy atom. The van der Waals surface area contributed by atoms with Gasteiger partial charge in [-0.3, -0.25) is 4.79 Å². The smallest absolute Gasteiger partial charge is 0.223 e. The molecule has 2 aromatic heterocycles. The molecule has 1 aliphatic carbocycles. The molecule has 6 nitrogen and oxygen atoms in total. The van der Waals surface area contributed by atoms with Gasteiger partial charge in [-0.05, 0) is 44.6 Å². The minimum atomic E-state index is 0.169. The highest BCUT2D eigenvalue weighted by molar-refractivity contribution is 5.76. The molecule has 1 fully saturated rings. The molecule has 6 heteroatoms. The van der Waals surface area contributed by atoms with E-state index in [-0.39, 0.29) is 5.91 Å². The normalized spacial score (nSPS) is 14.8. The number of aryl methyl sites for hydroxylation is 2. The third kappa shape index (κ3) is 4.24. The van der Waals surface area contributed by atoms with Crippen LogP contribution in [-0.4, -0.2) is 38.5 Å². The SMILES string of the molecule is C=CCN(CC1CCCCC1)C(=O)CCc1c(C)nc2c(C#N)cnn2c1C. The lowest BCUT2D eigenvalue weighted by Crippen LogP contribution is -2.36. The maximum absolute atomic E-state index is 12.9. The number of carbonyl (C=O) groups excluding carboxylic acids is 1. The summed E-state index contributed by atoms with van der Waals surface area (Å²) in [6.07, 6.45) is 10.7. The Morgan fingerprint density at radius 1 is 1.39 bits per heavy atom. The molecule has 0 radical (unpaired) electrons. The summed E-state index contributed by atoms with van der Waals surface area (Å²) in [6, 6.07) is 2.13. The molecular formula is C22H29N5O. The Hall–Kier alpha value is -2.68. The van der Waals surface area contributed by atoms with Crippen LogP contribution in [0.1, 0.15) is 61.0 Å². The molecule has 0 aromatic carbocycles. The summed E-state index contributed by atoms with van der Waals surface area (Å²) in [4.78, 5) is 19.4. The van der Waals surface area contributed by atoms with Gasteiger partial charge in [-0.15, -0.1) is 6.58 Å². The van der Waals surface area contributed by atoms with Gasteiger partial charge in [-0.2, -0.15) is 10.4 Å². The van der Waals surface area contributed by atoms with Gasteiger partial charge < -0.3 is 4.90 Å². The lowest BCUT2D eigenvalue weighted by Gasteiger charge is -2.29. The molecule has 0 N–H and O–H groups in total. The average Bonchev–Trinajstić information content (AvgIpc) is 3.11. The third-order valence-corrected chi connectivity index (χ3v) is 5.82. The summed E-state index contributed by atoms with van der Waals surface area (Å²) in [5.74, 6) is 0.787. The van der Waals surface area contributed by atoms with Crippen molar-refractivity contribution in [1.82, 2.24) is 19.5 Å². The highest BCUT2D eigenvalue weighted by Crippen LogP contribution is 2.25. The van der Waals surface area contributed by atoms with Gasteiger partial charge in [0.1, 0.15) is 11.6 Å². The lowest BCUT2D eigenvalue weighted by molar-refractivity contribution is -0.131. The van der Waals surface area contributed by atoms with Crippen molar-refractivity contribution in [3.63, 3.8) is 0 Å². The van der Waals surface area contributed by atoms with Gasteiger partial charge in [0.05, 0.1) is 6.20 Å². The number of rotatable bonds is 7. The van der Waals surface area contributed by atoms with E-state index in [1.807, 2.05) is 24.8 Å². The Bertz CT molecular complexity index is 902. The fourth-order valence-electron chi connectivity index (χ4n) is 4.26. The molecule has 28 heavy (non-hydrogen) atoms. The highest BCUT2D eigenvalue weighted by atomic mass is 16.2. The zero-order chi connectivity index (χ0) is 20.1. The van der Waals surface area contributed by atoms with Crippen molar-refractivity contribution >= 4 is 11.6 Å². The van der Waals surface area contributed by atoms with E-state index in [2.05, 4.69) is 22.7 Å². The second kappa shape index (κ2) is 9.01. The third-order valence-electron chi connectivity index (χ3n) is 5.82. The first-order chi connectivity index (χ1) is 13.5. The van der Waals surface area contributed by atoms with Crippen LogP contribution in [0.5, 0.6) is 0 Å². The van der Waals surface area contributed by atoms with Crippen molar-refractivity contribution in [3.8, 4) is 6.07 Å². The van der Waals surface area contributed by atoms with Gasteiger partial charge in [-0.1, -0.05) is 25.3 Å². The summed E-state index contributed by atoms with van der Waals surface area (Å²) in [5, 5.41) is 13.5. The standard InChI is InChI=1S/C22H29N5O/c1-4-12-26(15-18-8-6-5-7-9-18)21(28)11-10-20-16(2)25-22-19(13-23)14-24-27(22)17(20)3/h4,14,18H,1,5-12,15H2,2-3H3. The van der Waals surface area contributed by atoms with Gasteiger partial charge in [0, 0.05) is 30.9 Å². The van der Waals surface area contributed by atoms with Gasteiger partial charge in [0.2, 0.25) is 5.91 Å². The number of fused-ring (bicyclic) bond motifs is 1. The Morgan fingerprint density at radius 2 is 2.14 bits per heavy atom. The second-order valence-corrected chi connectivity index (χ2v) is 7.76. The number of carbonyl (C=O) groups is 1. The molecule has 1 saturated carbocycles. The van der Waals surface area contributed by atoms with Gasteiger partial charge in [0.25, 0.3) is 0 Å². The topological polar surface area (TPSA) is 74.3 Å². The fraction of sp³-hybridized carbons (Fsp3) is 0.545. The second-order valence-electron chi connectivity index (χ2n) is 7.76. The van der Waals surface area contributed by atoms with Gasteiger partial charge >= 0.3 is 0 Å². The number of nitriles is 1. The van der Waals surface area contributed by atoms with E-state index >= 15 is 0 Å². The van der Waals surface area contributed by atoms with Crippen molar-refractivity contribution in [1.29, 1.82) is 5.26 Å². The van der Waals surface area contributed by atoms with E-state index in [1.165, 1.54) is 32.1 Å². The molecule has 2 aromatic rings. The van der Waals surface area contributed by atoms with Gasteiger partial charge in [0.15, 0.2) is 5.65 Å². The molecule has 0 saturated heterocycles. The summed E-state index contributed by atoms with van der Waals surface area (Å²) >= 11 is 0. The maximum atomic E-state index is 12.9. The van der Waals surface area contributed by atoms with Crippen LogP contribution >= 0.6 is 0 Å². The van der Waals surface area contributed by atoms with Crippen LogP contribution < -0.4 is 0 Å². The molecule has 0 atom stereocenters. The van der Waals surface area contributed by atoms with Crippen molar-refractivity contribution < 1.29 is 4.79 Å². The van der Waals surface area contributed by atoms with Crippen LogP contribution in [0.15, 0.2) is 18.9 Å². The first kappa shape index (κ1) is 20.1. The van der Waals surface area contributed by atoms with E-state index in [9.17, 15) is 10.1 Å². The predicted molar refractivity (Wildman–Crippen MR) is 109 cm³/mol. The zero-order valence-corrected chi connectivity index (χ0v) is 16.9. The zero-order valence-electron chi connectivity index (χ0n) is 16.9. The average molecular weight is 380 g/mol. The number of hydrogen-bond donors (Lipinski definition) is 0. The molecule has 0 spiro atoms. The highest BCUT2D eigenvalue weighted by Gasteiger charge is 2.21. The van der Waals surface area contributed by atoms with Crippen LogP contribution in [0.2, 0.25) is 0 Å². The van der Waals surface area contributed by atoms with Crippen molar-refractivity contribution in [2.45, 2.75) is 58.8 Å². The van der Waals surface area contributed by atoms with E-state index < -0.39 is 0 Å². The van der Waals surface area contributed by atoms with Crippen molar-refractivity contribution in [3.05, 3.63) is 41.4 Å². The van der Waals surface area contributed by atoms with Crippen LogP contribution in [0, 0.1) is 31.1 Å². The van der Waals surface area contributed by atoms with E-state index in [0.29, 0.717) is 36.5 Å². The molecule has 3 rings (SSSR count).